The molecule has 0 saturated carbocycles. The van der Waals surface area contributed by atoms with Gasteiger partial charge in [0.05, 0.1) is 12.5 Å². The molecule has 2 aromatic rings. The van der Waals surface area contributed by atoms with Crippen LogP contribution in [0.3, 0.4) is 0 Å². The predicted octanol–water partition coefficient (Wildman–Crippen LogP) is 4.10. The summed E-state index contributed by atoms with van der Waals surface area (Å²) in [5, 5.41) is 0. The Hall–Kier alpha value is -1.54. The summed E-state index contributed by atoms with van der Waals surface area (Å²) < 4.78 is 5.16. The van der Waals surface area contributed by atoms with E-state index in [2.05, 4.69) is 36.1 Å². The highest BCUT2D eigenvalue weighted by atomic mass is 16.3. The Morgan fingerprint density at radius 2 is 1.94 bits per heavy atom. The first kappa shape index (κ1) is 11.5. The van der Waals surface area contributed by atoms with Crippen LogP contribution in [0.25, 0.3) is 11.1 Å². The largest absolute Gasteiger partial charge is 0.472 e. The van der Waals surface area contributed by atoms with E-state index in [0.29, 0.717) is 6.04 Å². The van der Waals surface area contributed by atoms with Crippen molar-refractivity contribution in [1.29, 1.82) is 0 Å². The third kappa shape index (κ3) is 2.21. The van der Waals surface area contributed by atoms with Gasteiger partial charge in [0.2, 0.25) is 0 Å². The third-order valence-electron chi connectivity index (χ3n) is 3.91. The van der Waals surface area contributed by atoms with E-state index in [1.807, 2.05) is 6.07 Å². The number of nitrogens with zero attached hydrogens (tertiary/aromatic N) is 1. The topological polar surface area (TPSA) is 16.4 Å². The molecule has 0 unspecified atom stereocenters. The summed E-state index contributed by atoms with van der Waals surface area (Å²) >= 11 is 0. The molecule has 1 aromatic heterocycles. The molecule has 0 bridgehead atoms. The lowest BCUT2D eigenvalue weighted by atomic mass is 10.0. The standard InChI is InChI=1S/C16H19NO/c1-13(17-8-2-3-9-17)14-5-4-6-15(11-14)16-7-10-18-12-16/h4-7,10-13H,2-3,8-9H2,1H3/t13-/m0/s1. The van der Waals surface area contributed by atoms with Crippen molar-refractivity contribution < 1.29 is 4.42 Å². The molecule has 0 amide bonds. The molecule has 1 saturated heterocycles. The summed E-state index contributed by atoms with van der Waals surface area (Å²) in [5.74, 6) is 0. The van der Waals surface area contributed by atoms with Crippen molar-refractivity contribution in [3.63, 3.8) is 0 Å². The number of hydrogen-bond acceptors (Lipinski definition) is 2. The zero-order valence-electron chi connectivity index (χ0n) is 10.8. The first-order valence-electron chi connectivity index (χ1n) is 6.71. The number of benzene rings is 1. The lowest BCUT2D eigenvalue weighted by Gasteiger charge is -2.24. The zero-order valence-corrected chi connectivity index (χ0v) is 10.8. The van der Waals surface area contributed by atoms with Crippen molar-refractivity contribution in [3.8, 4) is 11.1 Å². The van der Waals surface area contributed by atoms with E-state index in [-0.39, 0.29) is 0 Å². The van der Waals surface area contributed by atoms with Gasteiger partial charge in [-0.2, -0.15) is 0 Å². The lowest BCUT2D eigenvalue weighted by Crippen LogP contribution is -2.23. The Morgan fingerprint density at radius 3 is 2.67 bits per heavy atom. The quantitative estimate of drug-likeness (QED) is 0.804. The smallest absolute Gasteiger partial charge is 0.0980 e. The molecule has 3 rings (SSSR count). The Balaban J connectivity index is 1.86. The summed E-state index contributed by atoms with van der Waals surface area (Å²) in [5.41, 5.74) is 3.80. The fourth-order valence-electron chi connectivity index (χ4n) is 2.75. The van der Waals surface area contributed by atoms with Crippen LogP contribution in [0.2, 0.25) is 0 Å². The normalized spacial score (nSPS) is 18.1. The second-order valence-corrected chi connectivity index (χ2v) is 5.06. The second-order valence-electron chi connectivity index (χ2n) is 5.06. The number of furan rings is 1. The molecule has 0 aliphatic carbocycles. The average Bonchev–Trinajstić information content (AvgIpc) is 3.11. The summed E-state index contributed by atoms with van der Waals surface area (Å²) in [6.45, 7) is 4.77. The van der Waals surface area contributed by atoms with Crippen LogP contribution in [0.15, 0.2) is 47.3 Å². The minimum atomic E-state index is 0.513. The van der Waals surface area contributed by atoms with Gasteiger partial charge in [-0.1, -0.05) is 18.2 Å². The molecule has 1 atom stereocenters. The van der Waals surface area contributed by atoms with E-state index in [9.17, 15) is 0 Å². The van der Waals surface area contributed by atoms with Crippen molar-refractivity contribution in [3.05, 3.63) is 48.4 Å². The SMILES string of the molecule is C[C@@H](c1cccc(-c2ccoc2)c1)N1CCCC1. The second kappa shape index (κ2) is 4.99. The van der Waals surface area contributed by atoms with Gasteiger partial charge in [0.15, 0.2) is 0 Å². The van der Waals surface area contributed by atoms with Gasteiger partial charge in [0.1, 0.15) is 0 Å². The number of rotatable bonds is 3. The van der Waals surface area contributed by atoms with Crippen LogP contribution in [0, 0.1) is 0 Å². The molecule has 1 aliphatic heterocycles. The molecule has 0 N–H and O–H groups in total. The highest BCUT2D eigenvalue weighted by Gasteiger charge is 2.19. The Bertz CT molecular complexity index is 498. The minimum Gasteiger partial charge on any atom is -0.472 e. The van der Waals surface area contributed by atoms with Crippen LogP contribution in [0.4, 0.5) is 0 Å². The van der Waals surface area contributed by atoms with E-state index < -0.39 is 0 Å². The lowest BCUT2D eigenvalue weighted by molar-refractivity contribution is 0.263. The van der Waals surface area contributed by atoms with E-state index in [4.69, 9.17) is 4.42 Å². The number of likely N-dealkylation sites (tertiary alicyclic amines) is 1. The van der Waals surface area contributed by atoms with Crippen LogP contribution >= 0.6 is 0 Å². The molecular formula is C16H19NO. The molecule has 1 aliphatic rings. The van der Waals surface area contributed by atoms with Crippen molar-refractivity contribution >= 4 is 0 Å². The predicted molar refractivity (Wildman–Crippen MR) is 73.4 cm³/mol. The van der Waals surface area contributed by atoms with Gasteiger partial charge >= 0.3 is 0 Å². The fraction of sp³-hybridized carbons (Fsp3) is 0.375. The first-order valence-corrected chi connectivity index (χ1v) is 6.71. The molecule has 2 nitrogen and oxygen atoms in total. The summed E-state index contributed by atoms with van der Waals surface area (Å²) in [4.78, 5) is 2.56. The molecule has 0 spiro atoms. The van der Waals surface area contributed by atoms with Crippen LogP contribution < -0.4 is 0 Å². The summed E-state index contributed by atoms with van der Waals surface area (Å²) in [7, 11) is 0. The third-order valence-corrected chi connectivity index (χ3v) is 3.91. The molecule has 1 fully saturated rings. The van der Waals surface area contributed by atoms with Gasteiger partial charge in [-0.25, -0.2) is 0 Å². The number of hydrogen-bond donors (Lipinski definition) is 0. The maximum Gasteiger partial charge on any atom is 0.0980 e. The maximum atomic E-state index is 5.16. The zero-order chi connectivity index (χ0) is 12.4. The Labute approximate surface area is 108 Å². The Kier molecular flexibility index (Phi) is 3.20. The van der Waals surface area contributed by atoms with Crippen LogP contribution in [-0.4, -0.2) is 18.0 Å². The monoisotopic (exact) mass is 241 g/mol. The van der Waals surface area contributed by atoms with Gasteiger partial charge in [-0.3, -0.25) is 4.90 Å². The minimum absolute atomic E-state index is 0.513. The van der Waals surface area contributed by atoms with Gasteiger partial charge in [0, 0.05) is 11.6 Å². The molecule has 1 aromatic carbocycles. The van der Waals surface area contributed by atoms with Crippen molar-refractivity contribution in [2.45, 2.75) is 25.8 Å². The molecular weight excluding hydrogens is 222 g/mol. The fourth-order valence-corrected chi connectivity index (χ4v) is 2.75. The molecule has 94 valence electrons. The van der Waals surface area contributed by atoms with E-state index >= 15 is 0 Å². The van der Waals surface area contributed by atoms with Gasteiger partial charge < -0.3 is 4.42 Å². The first-order chi connectivity index (χ1) is 8.84. The van der Waals surface area contributed by atoms with Gasteiger partial charge in [-0.15, -0.1) is 0 Å². The van der Waals surface area contributed by atoms with Crippen LogP contribution in [0.1, 0.15) is 31.4 Å². The molecule has 18 heavy (non-hydrogen) atoms. The maximum absolute atomic E-state index is 5.16. The van der Waals surface area contributed by atoms with Crippen molar-refractivity contribution in [1.82, 2.24) is 4.90 Å². The average molecular weight is 241 g/mol. The molecule has 2 heteroatoms. The summed E-state index contributed by atoms with van der Waals surface area (Å²) in [6.07, 6.45) is 6.21. The van der Waals surface area contributed by atoms with E-state index in [1.165, 1.54) is 37.1 Å². The molecule has 2 heterocycles. The Morgan fingerprint density at radius 1 is 1.11 bits per heavy atom. The van der Waals surface area contributed by atoms with E-state index in [0.717, 1.165) is 5.56 Å². The van der Waals surface area contributed by atoms with Crippen LogP contribution in [0.5, 0.6) is 0 Å². The van der Waals surface area contributed by atoms with Crippen LogP contribution in [-0.2, 0) is 0 Å². The highest BCUT2D eigenvalue weighted by molar-refractivity contribution is 5.62. The van der Waals surface area contributed by atoms with E-state index in [1.54, 1.807) is 12.5 Å². The van der Waals surface area contributed by atoms with Gasteiger partial charge in [-0.05, 0) is 56.1 Å². The van der Waals surface area contributed by atoms with Crippen molar-refractivity contribution in [2.75, 3.05) is 13.1 Å². The van der Waals surface area contributed by atoms with Crippen molar-refractivity contribution in [2.24, 2.45) is 0 Å². The van der Waals surface area contributed by atoms with Gasteiger partial charge in [0.25, 0.3) is 0 Å². The highest BCUT2D eigenvalue weighted by Crippen LogP contribution is 2.28. The summed E-state index contributed by atoms with van der Waals surface area (Å²) in [6, 6.07) is 11.3. The molecule has 0 radical (unpaired) electrons.